The van der Waals surface area contributed by atoms with Crippen molar-refractivity contribution in [1.82, 2.24) is 4.90 Å². The van der Waals surface area contributed by atoms with Gasteiger partial charge in [0.2, 0.25) is 5.91 Å². The molecule has 1 aromatic rings. The number of hydrogen-bond donors (Lipinski definition) is 1. The molecule has 1 aromatic carbocycles. The summed E-state index contributed by atoms with van der Waals surface area (Å²) >= 11 is 3.37. The second-order valence-corrected chi connectivity index (χ2v) is 5.33. The van der Waals surface area contributed by atoms with Crippen LogP contribution in [0.4, 0.5) is 0 Å². The fourth-order valence-electron chi connectivity index (χ4n) is 2.20. The lowest BCUT2D eigenvalue weighted by Gasteiger charge is -2.31. The Balaban J connectivity index is 2.14. The predicted molar refractivity (Wildman–Crippen MR) is 72.0 cm³/mol. The van der Waals surface area contributed by atoms with Crippen molar-refractivity contribution in [1.29, 1.82) is 0 Å². The number of carbonyl (C=O) groups is 2. The van der Waals surface area contributed by atoms with Crippen LogP contribution >= 0.6 is 15.9 Å². The van der Waals surface area contributed by atoms with Crippen LogP contribution in [0.5, 0.6) is 0 Å². The Hall–Kier alpha value is -1.36. The van der Waals surface area contributed by atoms with E-state index < -0.39 is 0 Å². The Bertz CT molecular complexity index is 476. The molecular formula is C13H15BrN2O2. The quantitative estimate of drug-likeness (QED) is 0.905. The summed E-state index contributed by atoms with van der Waals surface area (Å²) in [5.41, 5.74) is 5.94. The summed E-state index contributed by atoms with van der Waals surface area (Å²) in [6, 6.07) is 7.31. The number of amides is 2. The first-order chi connectivity index (χ1) is 8.59. The molecule has 0 radical (unpaired) electrons. The summed E-state index contributed by atoms with van der Waals surface area (Å²) in [5.74, 6) is -0.585. The van der Waals surface area contributed by atoms with Crippen molar-refractivity contribution in [2.75, 3.05) is 13.1 Å². The smallest absolute Gasteiger partial charge is 0.255 e. The van der Waals surface area contributed by atoms with E-state index in [4.69, 9.17) is 5.73 Å². The number of nitrogens with two attached hydrogens (primary N) is 1. The van der Waals surface area contributed by atoms with Crippen molar-refractivity contribution >= 4 is 27.7 Å². The fourth-order valence-corrected chi connectivity index (χ4v) is 2.65. The van der Waals surface area contributed by atoms with Crippen molar-refractivity contribution in [2.24, 2.45) is 11.7 Å². The first-order valence-electron chi connectivity index (χ1n) is 5.92. The second kappa shape index (κ2) is 5.52. The molecule has 4 nitrogen and oxygen atoms in total. The summed E-state index contributed by atoms with van der Waals surface area (Å²) in [6.45, 7) is 1.11. The van der Waals surface area contributed by atoms with Crippen LogP contribution in [0.15, 0.2) is 28.7 Å². The molecule has 1 fully saturated rings. The van der Waals surface area contributed by atoms with Crippen LogP contribution in [0, 0.1) is 5.92 Å². The van der Waals surface area contributed by atoms with Crippen LogP contribution in [0.25, 0.3) is 0 Å². The Morgan fingerprint density at radius 2 is 2.06 bits per heavy atom. The van der Waals surface area contributed by atoms with Gasteiger partial charge in [-0.05, 0) is 40.9 Å². The number of primary amides is 1. The van der Waals surface area contributed by atoms with Gasteiger partial charge < -0.3 is 10.6 Å². The lowest BCUT2D eigenvalue weighted by atomic mass is 9.97. The first-order valence-corrected chi connectivity index (χ1v) is 6.72. The zero-order valence-electron chi connectivity index (χ0n) is 9.93. The molecule has 0 spiro atoms. The molecule has 1 aliphatic rings. The average molecular weight is 311 g/mol. The summed E-state index contributed by atoms with van der Waals surface area (Å²) < 4.78 is 0.774. The number of likely N-dealkylation sites (tertiary alicyclic amines) is 1. The number of piperidine rings is 1. The van der Waals surface area contributed by atoms with E-state index in [1.54, 1.807) is 11.0 Å². The number of nitrogens with zero attached hydrogens (tertiary/aromatic N) is 1. The topological polar surface area (TPSA) is 63.4 Å². The molecule has 0 aromatic heterocycles. The van der Waals surface area contributed by atoms with Crippen LogP contribution in [0.3, 0.4) is 0 Å². The van der Waals surface area contributed by atoms with E-state index in [0.29, 0.717) is 18.7 Å². The summed E-state index contributed by atoms with van der Waals surface area (Å²) in [4.78, 5) is 25.2. The lowest BCUT2D eigenvalue weighted by Crippen LogP contribution is -2.44. The fraction of sp³-hybridized carbons (Fsp3) is 0.385. The molecule has 2 rings (SSSR count). The Labute approximate surface area is 114 Å². The number of carbonyl (C=O) groups excluding carboxylic acids is 2. The maximum atomic E-state index is 12.3. The highest BCUT2D eigenvalue weighted by Gasteiger charge is 2.28. The molecule has 1 aliphatic heterocycles. The Morgan fingerprint density at radius 3 is 2.72 bits per heavy atom. The van der Waals surface area contributed by atoms with Gasteiger partial charge in [0, 0.05) is 17.6 Å². The third-order valence-electron chi connectivity index (χ3n) is 3.22. The van der Waals surface area contributed by atoms with Gasteiger partial charge in [-0.1, -0.05) is 12.1 Å². The molecule has 2 amide bonds. The van der Waals surface area contributed by atoms with E-state index in [9.17, 15) is 9.59 Å². The second-order valence-electron chi connectivity index (χ2n) is 4.47. The lowest BCUT2D eigenvalue weighted by molar-refractivity contribution is -0.123. The highest BCUT2D eigenvalue weighted by Crippen LogP contribution is 2.22. The van der Waals surface area contributed by atoms with Crippen molar-refractivity contribution < 1.29 is 9.59 Å². The predicted octanol–water partition coefficient (Wildman–Crippen LogP) is 1.79. The van der Waals surface area contributed by atoms with E-state index in [0.717, 1.165) is 17.3 Å². The average Bonchev–Trinajstić information content (AvgIpc) is 2.38. The maximum absolute atomic E-state index is 12.3. The van der Waals surface area contributed by atoms with E-state index in [-0.39, 0.29) is 17.7 Å². The van der Waals surface area contributed by atoms with Gasteiger partial charge in [-0.3, -0.25) is 9.59 Å². The van der Waals surface area contributed by atoms with Gasteiger partial charge >= 0.3 is 0 Å². The van der Waals surface area contributed by atoms with E-state index >= 15 is 0 Å². The van der Waals surface area contributed by atoms with Crippen LogP contribution in [-0.4, -0.2) is 29.8 Å². The van der Waals surface area contributed by atoms with Gasteiger partial charge in [0.1, 0.15) is 0 Å². The minimum Gasteiger partial charge on any atom is -0.369 e. The van der Waals surface area contributed by atoms with Crippen molar-refractivity contribution in [3.63, 3.8) is 0 Å². The van der Waals surface area contributed by atoms with Gasteiger partial charge in [-0.15, -0.1) is 0 Å². The third-order valence-corrected chi connectivity index (χ3v) is 3.91. The molecule has 2 N–H and O–H groups in total. The number of halogens is 1. The molecule has 0 aliphatic carbocycles. The number of rotatable bonds is 2. The molecule has 5 heteroatoms. The van der Waals surface area contributed by atoms with Crippen LogP contribution < -0.4 is 5.73 Å². The molecule has 18 heavy (non-hydrogen) atoms. The van der Waals surface area contributed by atoms with E-state index in [1.165, 1.54) is 0 Å². The van der Waals surface area contributed by atoms with Gasteiger partial charge in [-0.25, -0.2) is 0 Å². The van der Waals surface area contributed by atoms with Crippen molar-refractivity contribution in [3.8, 4) is 0 Å². The van der Waals surface area contributed by atoms with Crippen LogP contribution in [0.2, 0.25) is 0 Å². The Kier molecular flexibility index (Phi) is 4.01. The van der Waals surface area contributed by atoms with Gasteiger partial charge in [-0.2, -0.15) is 0 Å². The largest absolute Gasteiger partial charge is 0.369 e. The highest BCUT2D eigenvalue weighted by molar-refractivity contribution is 9.10. The maximum Gasteiger partial charge on any atom is 0.255 e. The first kappa shape index (κ1) is 13.1. The third kappa shape index (κ3) is 2.72. The monoisotopic (exact) mass is 310 g/mol. The Morgan fingerprint density at radius 1 is 1.33 bits per heavy atom. The summed E-state index contributed by atoms with van der Waals surface area (Å²) in [6.07, 6.45) is 1.60. The van der Waals surface area contributed by atoms with Crippen molar-refractivity contribution in [3.05, 3.63) is 34.3 Å². The molecule has 96 valence electrons. The van der Waals surface area contributed by atoms with Crippen molar-refractivity contribution in [2.45, 2.75) is 12.8 Å². The molecule has 1 unspecified atom stereocenters. The number of benzene rings is 1. The highest BCUT2D eigenvalue weighted by atomic mass is 79.9. The van der Waals surface area contributed by atoms with Gasteiger partial charge in [0.15, 0.2) is 0 Å². The normalized spacial score (nSPS) is 19.6. The molecular weight excluding hydrogens is 296 g/mol. The molecule has 1 heterocycles. The minimum atomic E-state index is -0.320. The molecule has 0 saturated carbocycles. The standard InChI is InChI=1S/C13H15BrN2O2/c14-11-6-2-1-5-10(11)13(18)16-7-3-4-9(8-16)12(15)17/h1-2,5-6,9H,3-4,7-8H2,(H2,15,17). The van der Waals surface area contributed by atoms with Gasteiger partial charge in [0.05, 0.1) is 11.5 Å². The molecule has 0 bridgehead atoms. The van der Waals surface area contributed by atoms with E-state index in [1.807, 2.05) is 18.2 Å². The molecule has 1 atom stereocenters. The zero-order chi connectivity index (χ0) is 13.1. The molecule has 1 saturated heterocycles. The van der Waals surface area contributed by atoms with Crippen LogP contribution in [0.1, 0.15) is 23.2 Å². The van der Waals surface area contributed by atoms with E-state index in [2.05, 4.69) is 15.9 Å². The zero-order valence-corrected chi connectivity index (χ0v) is 11.5. The minimum absolute atomic E-state index is 0.0478. The summed E-state index contributed by atoms with van der Waals surface area (Å²) in [7, 11) is 0. The summed E-state index contributed by atoms with van der Waals surface area (Å²) in [5, 5.41) is 0. The van der Waals surface area contributed by atoms with Crippen LogP contribution in [-0.2, 0) is 4.79 Å². The SMILES string of the molecule is NC(=O)C1CCCN(C(=O)c2ccccc2Br)C1. The number of hydrogen-bond acceptors (Lipinski definition) is 2. The van der Waals surface area contributed by atoms with Gasteiger partial charge in [0.25, 0.3) is 5.91 Å².